The molecule has 3 aromatic rings. The van der Waals surface area contributed by atoms with Gasteiger partial charge in [-0.15, -0.1) is 0 Å². The molecule has 1 atom stereocenters. The summed E-state index contributed by atoms with van der Waals surface area (Å²) in [5, 5.41) is 25.0. The van der Waals surface area contributed by atoms with Crippen molar-refractivity contribution < 1.29 is 32.7 Å². The fourth-order valence-electron chi connectivity index (χ4n) is 3.21. The van der Waals surface area contributed by atoms with Gasteiger partial charge in [0.1, 0.15) is 12.4 Å². The van der Waals surface area contributed by atoms with Crippen molar-refractivity contribution in [2.75, 3.05) is 18.2 Å². The molecule has 10 nitrogen and oxygen atoms in total. The van der Waals surface area contributed by atoms with Crippen LogP contribution < -0.4 is 10.8 Å². The van der Waals surface area contributed by atoms with Crippen molar-refractivity contribution in [2.45, 2.75) is 24.6 Å². The highest BCUT2D eigenvalue weighted by atomic mass is 32.2. The Labute approximate surface area is 200 Å². The Morgan fingerprint density at radius 1 is 1.17 bits per heavy atom. The Kier molecular flexibility index (Phi) is 7.54. The summed E-state index contributed by atoms with van der Waals surface area (Å²) in [5.74, 6) is 3.32. The van der Waals surface area contributed by atoms with Gasteiger partial charge < -0.3 is 10.4 Å². The third kappa shape index (κ3) is 5.83. The van der Waals surface area contributed by atoms with E-state index in [0.29, 0.717) is 16.6 Å². The van der Waals surface area contributed by atoms with Crippen LogP contribution in [0.5, 0.6) is 0 Å². The van der Waals surface area contributed by atoms with Crippen LogP contribution in [-0.2, 0) is 26.0 Å². The quantitative estimate of drug-likeness (QED) is 0.215. The summed E-state index contributed by atoms with van der Waals surface area (Å²) in [6.07, 6.45) is 2.49. The van der Waals surface area contributed by atoms with E-state index in [1.165, 1.54) is 29.2 Å². The smallest absolute Gasteiger partial charge is 0.264 e. The van der Waals surface area contributed by atoms with Crippen LogP contribution in [0.4, 0.5) is 10.1 Å². The number of aryl methyl sites for hydroxylation is 1. The van der Waals surface area contributed by atoms with Gasteiger partial charge in [-0.25, -0.2) is 18.3 Å². The molecule has 2 amide bonds. The first-order valence-electron chi connectivity index (χ1n) is 10.3. The molecule has 0 unspecified atom stereocenters. The second kappa shape index (κ2) is 10.2. The molecule has 4 N–H and O–H groups in total. The number of hydrogen-bond acceptors (Lipinski definition) is 7. The van der Waals surface area contributed by atoms with Crippen molar-refractivity contribution in [2.24, 2.45) is 0 Å². The van der Waals surface area contributed by atoms with Gasteiger partial charge in [0.15, 0.2) is 14.6 Å². The molecule has 184 valence electrons. The number of carbonyl (C=O) groups excluding carboxylic acids is 2. The number of aromatic nitrogens is 2. The first kappa shape index (κ1) is 25.8. The van der Waals surface area contributed by atoms with Gasteiger partial charge in [-0.3, -0.25) is 19.5 Å². The molecule has 0 radical (unpaired) electrons. The topological polar surface area (TPSA) is 151 Å². The van der Waals surface area contributed by atoms with E-state index >= 15 is 0 Å². The van der Waals surface area contributed by atoms with Gasteiger partial charge >= 0.3 is 0 Å². The molecule has 35 heavy (non-hydrogen) atoms. The van der Waals surface area contributed by atoms with Gasteiger partial charge in [0, 0.05) is 35.5 Å². The summed E-state index contributed by atoms with van der Waals surface area (Å²) in [4.78, 5) is 23.2. The highest BCUT2D eigenvalue weighted by Gasteiger charge is 2.43. The lowest BCUT2D eigenvalue weighted by atomic mass is 10.1. The molecule has 0 fully saturated rings. The van der Waals surface area contributed by atoms with E-state index in [-0.39, 0.29) is 18.7 Å². The number of sulfone groups is 1. The first-order chi connectivity index (χ1) is 16.5. The number of nitrogens with zero attached hydrogens (tertiary/aromatic N) is 2. The predicted molar refractivity (Wildman–Crippen MR) is 126 cm³/mol. The SMILES string of the molecule is C[C@@](CCn1cc2cc(C#Cc3ccc(NC(=O)CO)c(F)c3)ccc2n1)(C(=O)NO)S(C)(=O)=O. The van der Waals surface area contributed by atoms with E-state index in [2.05, 4.69) is 22.3 Å². The molecule has 0 saturated heterocycles. The number of amides is 2. The molecule has 1 heterocycles. The average molecular weight is 503 g/mol. The van der Waals surface area contributed by atoms with Gasteiger partial charge in [-0.05, 0) is 49.7 Å². The van der Waals surface area contributed by atoms with Crippen molar-refractivity contribution >= 4 is 38.2 Å². The van der Waals surface area contributed by atoms with Crippen molar-refractivity contribution in [3.05, 3.63) is 59.5 Å². The van der Waals surface area contributed by atoms with Crippen molar-refractivity contribution in [3.8, 4) is 11.8 Å². The maximum atomic E-state index is 14.1. The lowest BCUT2D eigenvalue weighted by Gasteiger charge is -2.24. The first-order valence-corrected chi connectivity index (χ1v) is 12.2. The van der Waals surface area contributed by atoms with Gasteiger partial charge in [-0.2, -0.15) is 5.10 Å². The maximum Gasteiger partial charge on any atom is 0.264 e. The molecule has 0 saturated carbocycles. The Hall–Kier alpha value is -3.79. The number of anilines is 1. The molecular weight excluding hydrogens is 479 g/mol. The van der Waals surface area contributed by atoms with Gasteiger partial charge in [0.25, 0.3) is 5.91 Å². The molecule has 3 rings (SSSR count). The number of carbonyl (C=O) groups is 2. The number of nitrogens with one attached hydrogen (secondary N) is 2. The Balaban J connectivity index is 1.78. The highest BCUT2D eigenvalue weighted by molar-refractivity contribution is 7.92. The average Bonchev–Trinajstić information content (AvgIpc) is 3.23. The van der Waals surface area contributed by atoms with E-state index < -0.39 is 38.8 Å². The van der Waals surface area contributed by atoms with Crippen molar-refractivity contribution in [3.63, 3.8) is 0 Å². The molecule has 0 aliphatic heterocycles. The second-order valence-electron chi connectivity index (χ2n) is 8.01. The zero-order valence-electron chi connectivity index (χ0n) is 18.9. The zero-order valence-corrected chi connectivity index (χ0v) is 19.7. The molecule has 12 heteroatoms. The molecule has 0 spiro atoms. The lowest BCUT2D eigenvalue weighted by molar-refractivity contribution is -0.131. The fourth-order valence-corrected chi connectivity index (χ4v) is 4.06. The predicted octanol–water partition coefficient (Wildman–Crippen LogP) is 1.20. The number of rotatable bonds is 7. The minimum atomic E-state index is -3.82. The van der Waals surface area contributed by atoms with Gasteiger partial charge in [0.05, 0.1) is 11.2 Å². The zero-order chi connectivity index (χ0) is 25.8. The minimum absolute atomic E-state index is 0.0631. The van der Waals surface area contributed by atoms with E-state index in [1.54, 1.807) is 24.4 Å². The van der Waals surface area contributed by atoms with Crippen molar-refractivity contribution in [1.29, 1.82) is 0 Å². The number of aliphatic hydroxyl groups is 1. The molecule has 0 aliphatic carbocycles. The maximum absolute atomic E-state index is 14.1. The van der Waals surface area contributed by atoms with E-state index in [0.717, 1.165) is 17.7 Å². The van der Waals surface area contributed by atoms with Gasteiger partial charge in [-0.1, -0.05) is 11.8 Å². The highest BCUT2D eigenvalue weighted by Crippen LogP contribution is 2.23. The molecule has 1 aromatic heterocycles. The van der Waals surface area contributed by atoms with Crippen LogP contribution in [0, 0.1) is 17.7 Å². The largest absolute Gasteiger partial charge is 0.387 e. The van der Waals surface area contributed by atoms with Crippen LogP contribution in [0.25, 0.3) is 10.9 Å². The van der Waals surface area contributed by atoms with Gasteiger partial charge in [0.2, 0.25) is 5.91 Å². The standard InChI is InChI=1S/C23H23FN4O6S/c1-23(22(31)27-32,35(2,33)34)9-10-28-13-17-11-15(5-7-19(17)26-28)3-4-16-6-8-20(18(24)12-16)25-21(30)14-29/h5-8,11-13,29,32H,9-10,14H2,1-2H3,(H,25,30)(H,27,31)/t23-/m1/s1. The monoisotopic (exact) mass is 502 g/mol. The number of halogens is 1. The Morgan fingerprint density at radius 2 is 1.83 bits per heavy atom. The van der Waals surface area contributed by atoms with E-state index in [9.17, 15) is 22.4 Å². The van der Waals surface area contributed by atoms with E-state index in [4.69, 9.17) is 10.3 Å². The number of hydrogen-bond donors (Lipinski definition) is 4. The Morgan fingerprint density at radius 3 is 2.43 bits per heavy atom. The molecule has 2 aromatic carbocycles. The van der Waals surface area contributed by atoms with Crippen LogP contribution >= 0.6 is 0 Å². The fraction of sp³-hybridized carbons (Fsp3) is 0.261. The summed E-state index contributed by atoms with van der Waals surface area (Å²) in [6, 6.07) is 9.24. The van der Waals surface area contributed by atoms with Crippen LogP contribution in [0.15, 0.2) is 42.6 Å². The molecule has 0 aliphatic rings. The normalized spacial score (nSPS) is 12.9. The lowest BCUT2D eigenvalue weighted by Crippen LogP contribution is -2.49. The summed E-state index contributed by atoms with van der Waals surface area (Å²) >= 11 is 0. The molecule has 0 bridgehead atoms. The van der Waals surface area contributed by atoms with Crippen LogP contribution in [0.1, 0.15) is 24.5 Å². The van der Waals surface area contributed by atoms with Crippen LogP contribution in [0.2, 0.25) is 0 Å². The molecular formula is C23H23FN4O6S. The third-order valence-corrected chi connectivity index (χ3v) is 7.53. The van der Waals surface area contributed by atoms with E-state index in [1.807, 2.05) is 0 Å². The number of aliphatic hydroxyl groups excluding tert-OH is 1. The number of hydroxylamine groups is 1. The summed E-state index contributed by atoms with van der Waals surface area (Å²) in [6.45, 7) is 0.584. The summed E-state index contributed by atoms with van der Waals surface area (Å²) in [5.41, 5.74) is 2.97. The van der Waals surface area contributed by atoms with Crippen molar-refractivity contribution in [1.82, 2.24) is 15.3 Å². The third-order valence-electron chi connectivity index (χ3n) is 5.51. The Bertz CT molecular complexity index is 1460. The number of benzene rings is 2. The summed E-state index contributed by atoms with van der Waals surface area (Å²) in [7, 11) is -3.82. The van der Waals surface area contributed by atoms with Crippen LogP contribution in [0.3, 0.4) is 0 Å². The van der Waals surface area contributed by atoms with Crippen LogP contribution in [-0.4, -0.2) is 57.9 Å². The summed E-state index contributed by atoms with van der Waals surface area (Å²) < 4.78 is 38.0. The second-order valence-corrected chi connectivity index (χ2v) is 10.5. The minimum Gasteiger partial charge on any atom is -0.387 e. The number of fused-ring (bicyclic) bond motifs is 1.